The molecule has 2 aromatic heterocycles. The number of carbonyl (C=O) groups excluding carboxylic acids is 2. The second kappa shape index (κ2) is 13.5. The van der Waals surface area contributed by atoms with Crippen LogP contribution in [0.1, 0.15) is 51.5 Å². The molecule has 4 heterocycles. The van der Waals surface area contributed by atoms with E-state index in [0.717, 1.165) is 5.56 Å². The number of ether oxygens (including phenoxy) is 2. The van der Waals surface area contributed by atoms with Gasteiger partial charge in [-0.1, -0.05) is 36.4 Å². The van der Waals surface area contributed by atoms with Crippen molar-refractivity contribution in [1.82, 2.24) is 23.9 Å². The molecule has 0 bridgehead atoms. The molecule has 2 amide bonds. The fraction of sp³-hybridized carbons (Fsp3) is 0.444. The number of hydrogen-bond acceptors (Lipinski definition) is 7. The first kappa shape index (κ1) is 35.0. The number of amides is 2. The molecule has 0 aliphatic carbocycles. The molecule has 2 aromatic carbocycles. The number of hydrogen-bond donors (Lipinski definition) is 1. The smallest absolute Gasteiger partial charge is 0.444 e. The Morgan fingerprint density at radius 2 is 1.70 bits per heavy atom. The van der Waals surface area contributed by atoms with E-state index in [4.69, 9.17) is 4.74 Å². The Bertz CT molecular complexity index is 1910. The van der Waals surface area contributed by atoms with Crippen molar-refractivity contribution < 1.29 is 37.3 Å². The maximum absolute atomic E-state index is 14.0. The van der Waals surface area contributed by atoms with Crippen LogP contribution in [0.2, 0.25) is 0 Å². The van der Waals surface area contributed by atoms with Crippen molar-refractivity contribution in [3.05, 3.63) is 89.1 Å². The van der Waals surface area contributed by atoms with Gasteiger partial charge in [0.25, 0.3) is 5.56 Å². The molecule has 14 heteroatoms. The largest absolute Gasteiger partial charge is 0.573 e. The van der Waals surface area contributed by atoms with Crippen molar-refractivity contribution >= 4 is 23.0 Å². The first-order valence-electron chi connectivity index (χ1n) is 16.6. The molecule has 2 aliphatic rings. The maximum Gasteiger partial charge on any atom is 0.573 e. The van der Waals surface area contributed by atoms with E-state index in [1.165, 1.54) is 45.9 Å². The van der Waals surface area contributed by atoms with Crippen LogP contribution in [0.5, 0.6) is 5.75 Å². The SMILES string of the molecule is CC(C)(C)OC(=O)N1CC[C@@H](C(=O)N2CCC(O)(Cn3cnc4c(ccn4-c4cccc(OC(F)(F)F)c4)c3=O)CC2)[C@H](c2ccccc2)C1. The molecule has 0 spiro atoms. The lowest BCUT2D eigenvalue weighted by molar-refractivity contribution is -0.274. The van der Waals surface area contributed by atoms with Gasteiger partial charge in [0.1, 0.15) is 17.7 Å². The molecule has 0 saturated carbocycles. The molecule has 0 radical (unpaired) electrons. The van der Waals surface area contributed by atoms with Crippen molar-refractivity contribution in [2.24, 2.45) is 5.92 Å². The van der Waals surface area contributed by atoms with Gasteiger partial charge in [0, 0.05) is 50.3 Å². The van der Waals surface area contributed by atoms with Gasteiger partial charge in [0.15, 0.2) is 5.65 Å². The predicted octanol–water partition coefficient (Wildman–Crippen LogP) is 5.48. The fourth-order valence-corrected chi connectivity index (χ4v) is 6.84. The van der Waals surface area contributed by atoms with Crippen LogP contribution >= 0.6 is 0 Å². The van der Waals surface area contributed by atoms with Crippen LogP contribution in [0, 0.1) is 5.92 Å². The molecular weight excluding hydrogens is 655 g/mol. The van der Waals surface area contributed by atoms with Crippen molar-refractivity contribution in [2.75, 3.05) is 26.2 Å². The number of benzene rings is 2. The van der Waals surface area contributed by atoms with E-state index in [1.54, 1.807) is 15.9 Å². The van der Waals surface area contributed by atoms with E-state index >= 15 is 0 Å². The zero-order chi connectivity index (χ0) is 35.8. The normalized spacial score (nSPS) is 19.7. The Kier molecular flexibility index (Phi) is 9.42. The average Bonchev–Trinajstić information content (AvgIpc) is 3.50. The number of aromatic nitrogens is 3. The average molecular weight is 696 g/mol. The molecule has 266 valence electrons. The Labute approximate surface area is 286 Å². The summed E-state index contributed by atoms with van der Waals surface area (Å²) in [6.45, 7) is 6.73. The third-order valence-electron chi connectivity index (χ3n) is 9.28. The number of rotatable bonds is 6. The molecule has 2 aliphatic heterocycles. The van der Waals surface area contributed by atoms with Gasteiger partial charge >= 0.3 is 12.5 Å². The van der Waals surface area contributed by atoms with Crippen molar-refractivity contribution in [1.29, 1.82) is 0 Å². The third kappa shape index (κ3) is 7.80. The Morgan fingerprint density at radius 1 is 0.980 bits per heavy atom. The monoisotopic (exact) mass is 695 g/mol. The lowest BCUT2D eigenvalue weighted by atomic mass is 9.79. The van der Waals surface area contributed by atoms with Gasteiger partial charge in [-0.25, -0.2) is 9.78 Å². The molecule has 2 saturated heterocycles. The van der Waals surface area contributed by atoms with Crippen LogP contribution in [0.25, 0.3) is 16.7 Å². The summed E-state index contributed by atoms with van der Waals surface area (Å²) in [5.41, 5.74) is -0.794. The number of alkyl halides is 3. The van der Waals surface area contributed by atoms with E-state index in [0.29, 0.717) is 38.3 Å². The minimum absolute atomic E-state index is 0.0314. The molecule has 2 atom stereocenters. The Balaban J connectivity index is 1.13. The number of halogens is 3. The highest BCUT2D eigenvalue weighted by atomic mass is 19.4. The van der Waals surface area contributed by atoms with Gasteiger partial charge in [0.2, 0.25) is 5.91 Å². The highest BCUT2D eigenvalue weighted by Gasteiger charge is 2.42. The molecule has 4 aromatic rings. The van der Waals surface area contributed by atoms with E-state index in [9.17, 15) is 32.7 Å². The van der Waals surface area contributed by atoms with Gasteiger partial charge in [-0.2, -0.15) is 0 Å². The summed E-state index contributed by atoms with van der Waals surface area (Å²) in [6, 6.07) is 16.6. The number of fused-ring (bicyclic) bond motifs is 1. The number of nitrogens with zero attached hydrogens (tertiary/aromatic N) is 5. The summed E-state index contributed by atoms with van der Waals surface area (Å²) in [6.07, 6.45) is -1.45. The van der Waals surface area contributed by atoms with Crippen LogP contribution in [0.3, 0.4) is 0 Å². The first-order valence-corrected chi connectivity index (χ1v) is 16.6. The van der Waals surface area contributed by atoms with Crippen LogP contribution in [-0.4, -0.2) is 84.8 Å². The standard InChI is InChI=1S/C36H40F3N5O6/c1-34(2,3)50-33(47)42-16-12-27(29(21-42)24-8-5-4-6-9-24)31(45)41-18-14-35(48,15-19-41)22-43-23-40-30-28(32(43)46)13-17-44(30)25-10-7-11-26(20-25)49-36(37,38)39/h4-11,13,17,20,23,27,29,48H,12,14-16,18-19,21-22H2,1-3H3/t27-,29+/m1/s1. The summed E-state index contributed by atoms with van der Waals surface area (Å²) >= 11 is 0. The van der Waals surface area contributed by atoms with Gasteiger partial charge in [-0.3, -0.25) is 14.2 Å². The van der Waals surface area contributed by atoms with Gasteiger partial charge in [-0.05, 0) is 63.8 Å². The summed E-state index contributed by atoms with van der Waals surface area (Å²) in [4.78, 5) is 48.2. The lowest BCUT2D eigenvalue weighted by Gasteiger charge is -2.43. The molecule has 11 nitrogen and oxygen atoms in total. The number of aliphatic hydroxyl groups is 1. The summed E-state index contributed by atoms with van der Waals surface area (Å²) in [5.74, 6) is -1.02. The van der Waals surface area contributed by atoms with Crippen molar-refractivity contribution in [2.45, 2.75) is 70.1 Å². The van der Waals surface area contributed by atoms with Gasteiger partial charge < -0.3 is 28.9 Å². The van der Waals surface area contributed by atoms with E-state index in [1.807, 2.05) is 51.1 Å². The van der Waals surface area contributed by atoms with E-state index in [2.05, 4.69) is 9.72 Å². The second-order valence-corrected chi connectivity index (χ2v) is 14.0. The van der Waals surface area contributed by atoms with Gasteiger partial charge in [-0.15, -0.1) is 13.2 Å². The molecule has 6 rings (SSSR count). The first-order chi connectivity index (χ1) is 23.6. The zero-order valence-corrected chi connectivity index (χ0v) is 28.1. The molecule has 50 heavy (non-hydrogen) atoms. The second-order valence-electron chi connectivity index (χ2n) is 14.0. The van der Waals surface area contributed by atoms with Crippen molar-refractivity contribution in [3.8, 4) is 11.4 Å². The van der Waals surface area contributed by atoms with Gasteiger partial charge in [0.05, 0.1) is 23.2 Å². The van der Waals surface area contributed by atoms with Crippen LogP contribution in [0.4, 0.5) is 18.0 Å². The maximum atomic E-state index is 14.0. The summed E-state index contributed by atoms with van der Waals surface area (Å²) in [7, 11) is 0. The lowest BCUT2D eigenvalue weighted by Crippen LogP contribution is -2.53. The zero-order valence-electron chi connectivity index (χ0n) is 28.1. The quantitative estimate of drug-likeness (QED) is 0.284. The predicted molar refractivity (Wildman–Crippen MR) is 178 cm³/mol. The Morgan fingerprint density at radius 3 is 2.38 bits per heavy atom. The Hall–Kier alpha value is -4.85. The molecule has 1 N–H and O–H groups in total. The van der Waals surface area contributed by atoms with Crippen LogP contribution in [-0.2, 0) is 16.1 Å². The van der Waals surface area contributed by atoms with E-state index < -0.39 is 35.0 Å². The van der Waals surface area contributed by atoms with Crippen molar-refractivity contribution in [3.63, 3.8) is 0 Å². The topological polar surface area (TPSA) is 119 Å². The number of piperidine rings is 2. The highest BCUT2D eigenvalue weighted by Crippen LogP contribution is 2.36. The fourth-order valence-electron chi connectivity index (χ4n) is 6.84. The molecule has 2 fully saturated rings. The minimum atomic E-state index is -4.85. The molecular formula is C36H40F3N5O6. The summed E-state index contributed by atoms with van der Waals surface area (Å²) < 4.78 is 50.7. The number of likely N-dealkylation sites (tertiary alicyclic amines) is 2. The molecule has 0 unspecified atom stereocenters. The number of carbonyl (C=O) groups is 2. The minimum Gasteiger partial charge on any atom is -0.444 e. The van der Waals surface area contributed by atoms with E-state index in [-0.39, 0.29) is 48.2 Å². The van der Waals surface area contributed by atoms with Crippen LogP contribution < -0.4 is 10.3 Å². The summed E-state index contributed by atoms with van der Waals surface area (Å²) in [5, 5.41) is 11.8. The third-order valence-corrected chi connectivity index (χ3v) is 9.28. The van der Waals surface area contributed by atoms with Crippen LogP contribution in [0.15, 0.2) is 78.0 Å². The highest BCUT2D eigenvalue weighted by molar-refractivity contribution is 5.81.